The number of benzene rings is 2. The molecule has 2 N–H and O–H groups in total. The molecule has 1 aliphatic rings. The van der Waals surface area contributed by atoms with Crippen LogP contribution < -0.4 is 5.32 Å². The Morgan fingerprint density at radius 2 is 1.94 bits per heavy atom. The van der Waals surface area contributed by atoms with Gasteiger partial charge < -0.3 is 15.2 Å². The zero-order chi connectivity index (χ0) is 23.5. The van der Waals surface area contributed by atoms with Gasteiger partial charge in [-0.1, -0.05) is 53.7 Å². The van der Waals surface area contributed by atoms with Crippen molar-refractivity contribution < 1.29 is 19.4 Å². The Hall–Kier alpha value is -3.30. The third-order valence-electron chi connectivity index (χ3n) is 5.12. The molecule has 4 rings (SSSR count). The number of thioether (sulfide) groups is 1. The lowest BCUT2D eigenvalue weighted by Gasteiger charge is -2.28. The Morgan fingerprint density at radius 1 is 1.21 bits per heavy atom. The van der Waals surface area contributed by atoms with E-state index in [1.807, 2.05) is 24.3 Å². The van der Waals surface area contributed by atoms with Crippen LogP contribution in [0.15, 0.2) is 65.0 Å². The number of carbonyl (C=O) groups excluding carboxylic acids is 1. The molecule has 0 aliphatic carbocycles. The van der Waals surface area contributed by atoms with Crippen LogP contribution in [-0.4, -0.2) is 38.4 Å². The molecule has 8 nitrogen and oxygen atoms in total. The van der Waals surface area contributed by atoms with E-state index in [-0.39, 0.29) is 12.2 Å². The first-order valence-electron chi connectivity index (χ1n) is 10.2. The van der Waals surface area contributed by atoms with Crippen LogP contribution in [0.25, 0.3) is 0 Å². The first-order chi connectivity index (χ1) is 15.9. The summed E-state index contributed by atoms with van der Waals surface area (Å²) in [5.74, 6) is -0.433. The number of anilines is 1. The number of nitrogens with zero attached hydrogens (tertiary/aromatic N) is 3. The first-order valence-corrected chi connectivity index (χ1v) is 11.6. The molecule has 0 saturated carbocycles. The number of fused-ring (bicyclic) bond motifs is 1. The Kier molecular flexibility index (Phi) is 6.71. The molecular formula is C23H21ClN4O4S. The van der Waals surface area contributed by atoms with Crippen LogP contribution in [0.4, 0.5) is 5.95 Å². The molecule has 0 radical (unpaired) electrons. The average molecular weight is 485 g/mol. The minimum absolute atomic E-state index is 0.154. The number of hydrogen-bond acceptors (Lipinski definition) is 7. The van der Waals surface area contributed by atoms with E-state index >= 15 is 0 Å². The van der Waals surface area contributed by atoms with E-state index in [4.69, 9.17) is 16.3 Å². The second-order valence-electron chi connectivity index (χ2n) is 7.26. The maximum absolute atomic E-state index is 12.8. The van der Waals surface area contributed by atoms with Crippen molar-refractivity contribution >= 4 is 41.2 Å². The van der Waals surface area contributed by atoms with Gasteiger partial charge >= 0.3 is 11.9 Å². The van der Waals surface area contributed by atoms with Crippen molar-refractivity contribution in [2.24, 2.45) is 0 Å². The molecule has 1 aliphatic heterocycles. The highest BCUT2D eigenvalue weighted by Gasteiger charge is 2.35. The first kappa shape index (κ1) is 22.9. The number of carboxylic acids is 1. The van der Waals surface area contributed by atoms with Crippen molar-refractivity contribution in [3.05, 3.63) is 81.5 Å². The van der Waals surface area contributed by atoms with E-state index in [2.05, 4.69) is 15.4 Å². The molecule has 0 fully saturated rings. The Morgan fingerprint density at radius 3 is 2.61 bits per heavy atom. The summed E-state index contributed by atoms with van der Waals surface area (Å²) in [4.78, 5) is 28.7. The second-order valence-corrected chi connectivity index (χ2v) is 8.61. The molecular weight excluding hydrogens is 464 g/mol. The van der Waals surface area contributed by atoms with E-state index in [1.54, 1.807) is 30.7 Å². The van der Waals surface area contributed by atoms with Gasteiger partial charge in [0.15, 0.2) is 0 Å². The van der Waals surface area contributed by atoms with Crippen LogP contribution >= 0.6 is 23.4 Å². The summed E-state index contributed by atoms with van der Waals surface area (Å²) in [6.45, 7) is 3.74. The molecule has 0 saturated heterocycles. The lowest BCUT2D eigenvalue weighted by molar-refractivity contribution is -0.139. The van der Waals surface area contributed by atoms with Gasteiger partial charge in [-0.25, -0.2) is 14.3 Å². The number of allylic oxidation sites excluding steroid dienone is 1. The van der Waals surface area contributed by atoms with Crippen LogP contribution in [0.3, 0.4) is 0 Å². The van der Waals surface area contributed by atoms with E-state index < -0.39 is 18.0 Å². The van der Waals surface area contributed by atoms with Gasteiger partial charge in [-0.3, -0.25) is 0 Å². The SMILES string of the molecule is CCOC(=O)C1=C(C)Nc2nc(SCc3ccccc3Cl)nn2C1c1ccc(C(=O)O)cc1. The molecule has 1 unspecified atom stereocenters. The number of aromatic nitrogens is 3. The predicted molar refractivity (Wildman–Crippen MR) is 126 cm³/mol. The molecule has 3 aromatic rings. The van der Waals surface area contributed by atoms with Crippen LogP contribution in [0.1, 0.15) is 41.4 Å². The number of nitrogens with one attached hydrogen (secondary N) is 1. The number of rotatable bonds is 7. The maximum Gasteiger partial charge on any atom is 0.338 e. The molecule has 170 valence electrons. The predicted octanol–water partition coefficient (Wildman–Crippen LogP) is 4.77. The fraction of sp³-hybridized carbons (Fsp3) is 0.217. The van der Waals surface area contributed by atoms with E-state index in [0.29, 0.717) is 38.7 Å². The second kappa shape index (κ2) is 9.68. The van der Waals surface area contributed by atoms with Gasteiger partial charge in [-0.2, -0.15) is 4.98 Å². The normalized spacial score (nSPS) is 15.1. The summed E-state index contributed by atoms with van der Waals surface area (Å²) in [5.41, 5.74) is 2.80. The summed E-state index contributed by atoms with van der Waals surface area (Å²) in [7, 11) is 0. The number of carboxylic acid groups (broad SMARTS) is 1. The molecule has 0 amide bonds. The van der Waals surface area contributed by atoms with Gasteiger partial charge in [-0.15, -0.1) is 5.10 Å². The number of hydrogen-bond donors (Lipinski definition) is 2. The highest BCUT2D eigenvalue weighted by Crippen LogP contribution is 2.37. The lowest BCUT2D eigenvalue weighted by atomic mass is 9.95. The van der Waals surface area contributed by atoms with Crippen molar-refractivity contribution in [3.8, 4) is 0 Å². The highest BCUT2D eigenvalue weighted by atomic mass is 35.5. The maximum atomic E-state index is 12.8. The zero-order valence-corrected chi connectivity index (χ0v) is 19.5. The highest BCUT2D eigenvalue weighted by molar-refractivity contribution is 7.98. The van der Waals surface area contributed by atoms with Crippen molar-refractivity contribution in [2.75, 3.05) is 11.9 Å². The smallest absolute Gasteiger partial charge is 0.338 e. The molecule has 0 spiro atoms. The summed E-state index contributed by atoms with van der Waals surface area (Å²) in [6.07, 6.45) is 0. The number of esters is 1. The van der Waals surface area contributed by atoms with Crippen LogP contribution in [-0.2, 0) is 15.3 Å². The lowest BCUT2D eigenvalue weighted by Crippen LogP contribution is -2.29. The molecule has 1 aromatic heterocycles. The van der Waals surface area contributed by atoms with Crippen molar-refractivity contribution in [1.82, 2.24) is 14.8 Å². The largest absolute Gasteiger partial charge is 0.478 e. The van der Waals surface area contributed by atoms with Crippen LogP contribution in [0.5, 0.6) is 0 Å². The molecule has 10 heteroatoms. The van der Waals surface area contributed by atoms with Gasteiger partial charge in [0.05, 0.1) is 17.7 Å². The summed E-state index contributed by atoms with van der Waals surface area (Å²) in [5, 5.41) is 18.2. The molecule has 0 bridgehead atoms. The van der Waals surface area contributed by atoms with Gasteiger partial charge in [0, 0.05) is 16.5 Å². The molecule has 33 heavy (non-hydrogen) atoms. The van der Waals surface area contributed by atoms with Crippen LogP contribution in [0.2, 0.25) is 5.02 Å². The Labute approximate surface area is 199 Å². The Bertz CT molecular complexity index is 1240. The number of carbonyl (C=O) groups is 2. The monoisotopic (exact) mass is 484 g/mol. The van der Waals surface area contributed by atoms with Gasteiger partial charge in [0.2, 0.25) is 11.1 Å². The van der Waals surface area contributed by atoms with Crippen LogP contribution in [0, 0.1) is 0 Å². The number of aromatic carboxylic acids is 1. The van der Waals surface area contributed by atoms with Gasteiger partial charge in [-0.05, 0) is 43.2 Å². The van der Waals surface area contributed by atoms with Crippen molar-refractivity contribution in [1.29, 1.82) is 0 Å². The minimum Gasteiger partial charge on any atom is -0.478 e. The standard InChI is InChI=1S/C23H21ClN4O4S/c1-3-32-21(31)18-13(2)25-22-26-23(33-12-16-6-4-5-7-17(16)24)27-28(22)19(18)14-8-10-15(11-9-14)20(29)30/h4-11,19H,3,12H2,1-2H3,(H,29,30)(H,25,26,27). The van der Waals surface area contributed by atoms with E-state index in [1.165, 1.54) is 23.9 Å². The fourth-order valence-corrected chi connectivity index (χ4v) is 4.65. The van der Waals surface area contributed by atoms with Gasteiger partial charge in [0.25, 0.3) is 0 Å². The molecule has 2 heterocycles. The summed E-state index contributed by atoms with van der Waals surface area (Å²) < 4.78 is 6.92. The Balaban J connectivity index is 1.71. The summed E-state index contributed by atoms with van der Waals surface area (Å²) in [6, 6.07) is 13.3. The fourth-order valence-electron chi connectivity index (χ4n) is 3.54. The number of halogens is 1. The quantitative estimate of drug-likeness (QED) is 0.364. The summed E-state index contributed by atoms with van der Waals surface area (Å²) >= 11 is 7.69. The van der Waals surface area contributed by atoms with Gasteiger partial charge in [0.1, 0.15) is 6.04 Å². The van der Waals surface area contributed by atoms with E-state index in [0.717, 1.165) is 5.56 Å². The third kappa shape index (κ3) is 4.74. The zero-order valence-electron chi connectivity index (χ0n) is 17.9. The van der Waals surface area contributed by atoms with Crippen molar-refractivity contribution in [3.63, 3.8) is 0 Å². The third-order valence-corrected chi connectivity index (χ3v) is 6.37. The van der Waals surface area contributed by atoms with Crippen molar-refractivity contribution in [2.45, 2.75) is 30.8 Å². The van der Waals surface area contributed by atoms with E-state index in [9.17, 15) is 14.7 Å². The average Bonchev–Trinajstić information content (AvgIpc) is 3.20. The topological polar surface area (TPSA) is 106 Å². The molecule has 2 aromatic carbocycles. The molecule has 1 atom stereocenters. The minimum atomic E-state index is -1.02. The number of ether oxygens (including phenoxy) is 1.